The summed E-state index contributed by atoms with van der Waals surface area (Å²) in [5.41, 5.74) is 6.18. The van der Waals surface area contributed by atoms with Gasteiger partial charge in [-0.2, -0.15) is 17.6 Å². The third kappa shape index (κ3) is 22.4. The van der Waals surface area contributed by atoms with Crippen LogP contribution in [0, 0.1) is 99.6 Å². The molecule has 1 aliphatic heterocycles. The average molecular weight is 1520 g/mol. The minimum atomic E-state index is -4.64. The molecule has 108 heavy (non-hydrogen) atoms. The molecule has 1 heterocycles. The van der Waals surface area contributed by atoms with Crippen LogP contribution >= 0.6 is 0 Å². The van der Waals surface area contributed by atoms with E-state index in [0.29, 0.717) is 84.6 Å². The molecule has 2 unspecified atom stereocenters. The van der Waals surface area contributed by atoms with E-state index in [1.54, 1.807) is 30.3 Å². The van der Waals surface area contributed by atoms with E-state index >= 15 is 0 Å². The second-order valence-corrected chi connectivity index (χ2v) is 33.2. The molecule has 1 N–H and O–H groups in total. The summed E-state index contributed by atoms with van der Waals surface area (Å²) in [6.45, 7) is 22.8. The van der Waals surface area contributed by atoms with Crippen molar-refractivity contribution in [3.8, 4) is 39.5 Å². The molecule has 5 fully saturated rings. The summed E-state index contributed by atoms with van der Waals surface area (Å²) in [5.74, 6) is -11.8. The van der Waals surface area contributed by atoms with E-state index in [2.05, 4.69) is 103 Å². The van der Waals surface area contributed by atoms with Crippen LogP contribution in [0.25, 0.3) is 22.3 Å². The molecule has 4 nitrogen and oxygen atoms in total. The fourth-order valence-corrected chi connectivity index (χ4v) is 16.6. The quantitative estimate of drug-likeness (QED) is 0.0729. The molecule has 0 aromatic heterocycles. The Morgan fingerprint density at radius 1 is 0.398 bits per heavy atom. The smallest absolute Gasteiger partial charge is 0.432 e. The Kier molecular flexibility index (Phi) is 29.3. The van der Waals surface area contributed by atoms with Crippen LogP contribution in [0.15, 0.2) is 115 Å². The molecule has 0 amide bonds. The van der Waals surface area contributed by atoms with E-state index < -0.39 is 93.4 Å². The molecule has 7 aromatic carbocycles. The van der Waals surface area contributed by atoms with Crippen LogP contribution < -0.4 is 9.47 Å². The number of benzene rings is 7. The molecular weight excluding hydrogens is 1410 g/mol. The number of halogens is 14. The number of rotatable bonds is 17. The third-order valence-corrected chi connectivity index (χ3v) is 23.2. The van der Waals surface area contributed by atoms with Gasteiger partial charge in [-0.1, -0.05) is 194 Å². The Labute approximate surface area is 630 Å². The van der Waals surface area contributed by atoms with Crippen molar-refractivity contribution < 1.29 is 80.8 Å². The second-order valence-electron chi connectivity index (χ2n) is 33.2. The molecule has 0 spiro atoms. The molecule has 18 heteroatoms. The Bertz CT molecular complexity index is 3930. The van der Waals surface area contributed by atoms with Gasteiger partial charge in [0.25, 0.3) is 0 Å². The van der Waals surface area contributed by atoms with E-state index in [1.165, 1.54) is 126 Å². The number of aromatic hydroxyl groups is 1. The number of hydrogen-bond donors (Lipinski definition) is 1. The van der Waals surface area contributed by atoms with Crippen molar-refractivity contribution in [1.29, 1.82) is 0 Å². The summed E-state index contributed by atoms with van der Waals surface area (Å²) >= 11 is 0. The zero-order valence-electron chi connectivity index (χ0n) is 64.2. The molecule has 590 valence electrons. The molecule has 4 saturated carbocycles. The summed E-state index contributed by atoms with van der Waals surface area (Å²) < 4.78 is 207. The van der Waals surface area contributed by atoms with Gasteiger partial charge >= 0.3 is 12.2 Å². The zero-order chi connectivity index (χ0) is 78.6. The first-order chi connectivity index (χ1) is 51.0. The van der Waals surface area contributed by atoms with Crippen molar-refractivity contribution in [3.05, 3.63) is 207 Å². The third-order valence-electron chi connectivity index (χ3n) is 23.2. The van der Waals surface area contributed by atoms with Crippen LogP contribution in [0.1, 0.15) is 268 Å². The van der Waals surface area contributed by atoms with Gasteiger partial charge in [-0.05, 0) is 222 Å². The lowest BCUT2D eigenvalue weighted by Gasteiger charge is -2.39. The van der Waals surface area contributed by atoms with Crippen LogP contribution in [-0.2, 0) is 21.7 Å². The standard InChI is InChI=1S/C26H21F7O2.C22H29F5O.C21H24F2.C21H34O/c1-2-14-3-8-23(34-13-14)16-6-4-15(5-7-16)17-9-19(27)24(20(28)10-17)26(32,33)35-18-11-21(29)25(31)22(30)12-18;1-2-3-14-4-6-15(7-5-14)16-8-10-17(11-9-16)22(26,27)28-18-12-19(23)21(25)20(24)13-18;1-2-3-15-4-6-16(7-5-15)17-8-10-18(11-9-17)19-12-13-20(22)21(23)14-19;1-14-8-10-15(11-9-14)16-12-17(20(2,3)4)19(22)18(13-16)21(5,6)7/h4-7,9-12,14,23H,2-3,8,13H2,1H3;12-17H,2-11H2,1H3;8-16H,2-7H2,1H3;12-15,22H,8-11H2,1-7H3. The Morgan fingerprint density at radius 3 is 1.25 bits per heavy atom. The Morgan fingerprint density at radius 2 is 0.806 bits per heavy atom. The van der Waals surface area contributed by atoms with Crippen LogP contribution in [0.4, 0.5) is 61.5 Å². The molecule has 1 saturated heterocycles. The first-order valence-electron chi connectivity index (χ1n) is 39.1. The van der Waals surface area contributed by atoms with Crippen molar-refractivity contribution in [2.24, 2.45) is 41.4 Å². The summed E-state index contributed by atoms with van der Waals surface area (Å²) in [6, 6.07) is 26.4. The van der Waals surface area contributed by atoms with Crippen molar-refractivity contribution >= 4 is 0 Å². The highest BCUT2D eigenvalue weighted by Gasteiger charge is 2.46. The predicted molar refractivity (Wildman–Crippen MR) is 399 cm³/mol. The summed E-state index contributed by atoms with van der Waals surface area (Å²) in [6.07, 6.45) is 17.3. The fraction of sp³-hybridized carbons (Fsp3) is 0.533. The number of ether oxygens (including phenoxy) is 3. The molecule has 12 rings (SSSR count). The van der Waals surface area contributed by atoms with Crippen LogP contribution in [0.2, 0.25) is 0 Å². The van der Waals surface area contributed by atoms with Gasteiger partial charge in [0.05, 0.1) is 18.6 Å². The van der Waals surface area contributed by atoms with Gasteiger partial charge in [-0.25, -0.2) is 43.9 Å². The maximum atomic E-state index is 14.6. The van der Waals surface area contributed by atoms with Gasteiger partial charge in [0.1, 0.15) is 34.4 Å². The molecule has 0 radical (unpaired) electrons. The summed E-state index contributed by atoms with van der Waals surface area (Å²) in [7, 11) is 0. The first kappa shape index (κ1) is 84.9. The van der Waals surface area contributed by atoms with Crippen LogP contribution in [0.5, 0.6) is 17.2 Å². The highest BCUT2D eigenvalue weighted by molar-refractivity contribution is 5.65. The Balaban J connectivity index is 0.000000169. The van der Waals surface area contributed by atoms with Gasteiger partial charge in [0, 0.05) is 24.3 Å². The molecule has 5 aliphatic rings. The first-order valence-corrected chi connectivity index (χ1v) is 39.1. The second kappa shape index (κ2) is 37.3. The number of phenolic OH excluding ortho intramolecular Hbond substituents is 1. The maximum absolute atomic E-state index is 14.6. The van der Waals surface area contributed by atoms with Gasteiger partial charge in [-0.15, -0.1) is 0 Å². The molecule has 4 aliphatic carbocycles. The van der Waals surface area contributed by atoms with E-state index in [1.807, 2.05) is 12.1 Å². The highest BCUT2D eigenvalue weighted by Crippen LogP contribution is 2.49. The van der Waals surface area contributed by atoms with E-state index in [9.17, 15) is 66.6 Å². The lowest BCUT2D eigenvalue weighted by atomic mass is 9.68. The molecule has 7 aromatic rings. The lowest BCUT2D eigenvalue weighted by molar-refractivity contribution is -0.224. The van der Waals surface area contributed by atoms with Gasteiger partial charge in [0.15, 0.2) is 46.5 Å². The highest BCUT2D eigenvalue weighted by atomic mass is 19.3. The minimum Gasteiger partial charge on any atom is -0.507 e. The largest absolute Gasteiger partial charge is 0.507 e. The van der Waals surface area contributed by atoms with E-state index in [4.69, 9.17) is 4.74 Å². The van der Waals surface area contributed by atoms with E-state index in [0.717, 1.165) is 77.7 Å². The predicted octanol–water partition coefficient (Wildman–Crippen LogP) is 28.5. The van der Waals surface area contributed by atoms with Crippen molar-refractivity contribution in [2.45, 2.75) is 258 Å². The van der Waals surface area contributed by atoms with Crippen LogP contribution in [-0.4, -0.2) is 17.8 Å². The summed E-state index contributed by atoms with van der Waals surface area (Å²) in [4.78, 5) is 0. The van der Waals surface area contributed by atoms with Crippen molar-refractivity contribution in [1.82, 2.24) is 0 Å². The summed E-state index contributed by atoms with van der Waals surface area (Å²) in [5, 5.41) is 10.8. The monoisotopic (exact) mass is 1520 g/mol. The topological polar surface area (TPSA) is 47.9 Å². The number of hydrogen-bond acceptors (Lipinski definition) is 4. The molecule has 0 bridgehead atoms. The average Bonchev–Trinajstić information content (AvgIpc) is 0.779. The fourth-order valence-electron chi connectivity index (χ4n) is 16.6. The van der Waals surface area contributed by atoms with Crippen molar-refractivity contribution in [3.63, 3.8) is 0 Å². The van der Waals surface area contributed by atoms with Crippen LogP contribution in [0.3, 0.4) is 0 Å². The number of phenols is 1. The van der Waals surface area contributed by atoms with E-state index in [-0.39, 0.29) is 34.6 Å². The number of alkyl halides is 4. The maximum Gasteiger partial charge on any atom is 0.432 e. The SMILES string of the molecule is CC1CCC(c2cc(C(C)(C)C)c(O)c(C(C)(C)C)c2)CC1.CCC1CCC(c2ccc(-c3cc(F)c(C(F)(F)Oc4cc(F)c(F)c(F)c4)c(F)c3)cc2)OC1.CCCC1CCC(C2CCC(C(F)(F)Oc3cc(F)c(F)c(F)c3)CC2)CC1.CCCC1CCC(c2ccc(-c3ccc(F)c(F)c3)cc2)CC1. The molecule has 2 atom stereocenters. The molecular formula is C90H108F14O4. The van der Waals surface area contributed by atoms with Crippen molar-refractivity contribution in [2.75, 3.05) is 6.61 Å². The Hall–Kier alpha value is -7.08. The zero-order valence-corrected chi connectivity index (χ0v) is 64.2. The normalized spacial score (nSPS) is 22.9. The lowest BCUT2D eigenvalue weighted by Crippen LogP contribution is -2.38. The minimum absolute atomic E-state index is 0.000538. The van der Waals surface area contributed by atoms with Gasteiger partial charge < -0.3 is 19.3 Å². The van der Waals surface area contributed by atoms with Gasteiger partial charge in [-0.3, -0.25) is 0 Å². The van der Waals surface area contributed by atoms with Gasteiger partial charge in [0.2, 0.25) is 0 Å².